The Bertz CT molecular complexity index is 1140. The summed E-state index contributed by atoms with van der Waals surface area (Å²) in [6, 6.07) is 0. The smallest absolute Gasteiger partial charge is 0.158 e. The Hall–Kier alpha value is -0.860. The van der Waals surface area contributed by atoms with Crippen molar-refractivity contribution >= 4 is 62.4 Å². The van der Waals surface area contributed by atoms with Crippen LogP contribution >= 0.6 is 50.8 Å². The Labute approximate surface area is 254 Å². The Balaban J connectivity index is 0.000000145. The first-order valence-corrected chi connectivity index (χ1v) is 16.5. The highest BCUT2D eigenvalue weighted by Crippen LogP contribution is 2.23. The highest BCUT2D eigenvalue weighted by atomic mass is 79.9. The molecule has 0 aliphatic carbocycles. The number of aromatic amines is 1. The SMILES string of the molecule is CN1CCC(=O)C(Br)C1.CN1CCC(=O)CC1.CN1CCc2[nH]c(=S)sc2C1.Cc1nc2c(s1)CN(C)CC2. The van der Waals surface area contributed by atoms with Crippen LogP contribution in [0.15, 0.2) is 0 Å². The fourth-order valence-corrected chi connectivity index (χ4v) is 7.76. The number of likely N-dealkylation sites (N-methyl/N-ethyl adjacent to an activating group) is 2. The van der Waals surface area contributed by atoms with Crippen LogP contribution in [0.3, 0.4) is 0 Å². The minimum Gasteiger partial charge on any atom is -0.341 e. The van der Waals surface area contributed by atoms with Crippen molar-refractivity contribution in [3.05, 3.63) is 30.1 Å². The molecule has 4 aliphatic rings. The minimum atomic E-state index is 0.0799. The number of nitrogens with zero attached hydrogens (tertiary/aromatic N) is 5. The fourth-order valence-electron chi connectivity index (χ4n) is 4.59. The Morgan fingerprint density at radius 3 is 2.03 bits per heavy atom. The number of likely N-dealkylation sites (tertiary alicyclic amines) is 2. The Kier molecular flexibility index (Phi) is 13.4. The van der Waals surface area contributed by atoms with Crippen LogP contribution in [0, 0.1) is 10.9 Å². The van der Waals surface area contributed by atoms with E-state index in [-0.39, 0.29) is 4.83 Å². The number of aryl methyl sites for hydroxylation is 1. The molecule has 0 saturated carbocycles. The third-order valence-corrected chi connectivity index (χ3v) is 10.2. The molecule has 0 amide bonds. The van der Waals surface area contributed by atoms with Gasteiger partial charge in [0.1, 0.15) is 11.6 Å². The number of H-pyrrole nitrogens is 1. The third-order valence-electron chi connectivity index (χ3n) is 7.10. The van der Waals surface area contributed by atoms with Crippen LogP contribution in [-0.4, -0.2) is 113 Å². The first kappa shape index (κ1) is 32.7. The van der Waals surface area contributed by atoms with Crippen molar-refractivity contribution in [2.75, 3.05) is 67.5 Å². The van der Waals surface area contributed by atoms with Gasteiger partial charge in [-0.15, -0.1) is 22.7 Å². The number of halogens is 1. The molecule has 39 heavy (non-hydrogen) atoms. The summed E-state index contributed by atoms with van der Waals surface area (Å²) < 4.78 is 0.922. The van der Waals surface area contributed by atoms with Gasteiger partial charge in [-0.3, -0.25) is 9.59 Å². The van der Waals surface area contributed by atoms with E-state index >= 15 is 0 Å². The molecule has 0 radical (unpaired) electrons. The average Bonchev–Trinajstić information content (AvgIpc) is 3.44. The molecule has 6 rings (SSSR count). The van der Waals surface area contributed by atoms with Crippen LogP contribution in [0.25, 0.3) is 0 Å². The van der Waals surface area contributed by atoms with Crippen LogP contribution in [0.5, 0.6) is 0 Å². The zero-order valence-corrected chi connectivity index (χ0v) is 28.0. The van der Waals surface area contributed by atoms with Gasteiger partial charge in [0.15, 0.2) is 3.95 Å². The van der Waals surface area contributed by atoms with Crippen LogP contribution in [0.4, 0.5) is 0 Å². The number of Topliss-reactive ketones (excluding diaryl/α,β-unsaturated/α-hetero) is 2. The molecule has 2 aromatic rings. The first-order chi connectivity index (χ1) is 18.5. The lowest BCUT2D eigenvalue weighted by atomic mass is 10.1. The van der Waals surface area contributed by atoms with Gasteiger partial charge in [-0.05, 0) is 47.3 Å². The molecule has 12 heteroatoms. The van der Waals surface area contributed by atoms with Crippen molar-refractivity contribution in [2.24, 2.45) is 0 Å². The number of thiazole rings is 2. The number of carbonyl (C=O) groups is 2. The predicted molar refractivity (Wildman–Crippen MR) is 168 cm³/mol. The van der Waals surface area contributed by atoms with E-state index in [0.29, 0.717) is 18.0 Å². The van der Waals surface area contributed by atoms with E-state index in [1.807, 2.05) is 25.4 Å². The Morgan fingerprint density at radius 2 is 1.41 bits per heavy atom. The molecule has 2 aromatic heterocycles. The number of piperidine rings is 2. The number of rotatable bonds is 0. The van der Waals surface area contributed by atoms with Crippen LogP contribution in [0.1, 0.15) is 45.4 Å². The van der Waals surface area contributed by atoms with Crippen molar-refractivity contribution < 1.29 is 9.59 Å². The standard InChI is InChI=1S/C8H12N2S.C7H10N2S2.C6H10BrNO.C6H11NO/c1-6-9-7-3-4-10(2)5-8(7)11-6;1-9-3-2-5-6(4-9)11-7(10)8-5;1-8-3-2-6(9)5(7)4-8;1-7-4-2-6(8)3-5-7/h3-5H2,1-2H3;2-4H2,1H3,(H,8,10);5H,2-4H2,1H3;2-5H2,1H3. The number of carbonyl (C=O) groups excluding carboxylic acids is 2. The average molecular weight is 660 g/mol. The molecular formula is C27H43BrN6O2S3. The second kappa shape index (κ2) is 16.0. The maximum atomic E-state index is 10.9. The van der Waals surface area contributed by atoms with E-state index in [1.54, 1.807) is 11.3 Å². The van der Waals surface area contributed by atoms with Gasteiger partial charge in [0.2, 0.25) is 0 Å². The van der Waals surface area contributed by atoms with E-state index in [9.17, 15) is 9.59 Å². The van der Waals surface area contributed by atoms with Crippen molar-refractivity contribution in [1.82, 2.24) is 29.6 Å². The fraction of sp³-hybridized carbons (Fsp3) is 0.704. The van der Waals surface area contributed by atoms with Gasteiger partial charge in [0.05, 0.1) is 15.5 Å². The summed E-state index contributed by atoms with van der Waals surface area (Å²) in [6.07, 6.45) is 4.48. The summed E-state index contributed by atoms with van der Waals surface area (Å²) in [6.45, 7) is 10.2. The van der Waals surface area contributed by atoms with Gasteiger partial charge in [0.25, 0.3) is 0 Å². The third kappa shape index (κ3) is 11.1. The zero-order chi connectivity index (χ0) is 28.5. The molecule has 218 valence electrons. The summed E-state index contributed by atoms with van der Waals surface area (Å²) in [5.41, 5.74) is 2.70. The van der Waals surface area contributed by atoms with E-state index in [4.69, 9.17) is 12.2 Å². The number of hydrogen-bond acceptors (Lipinski definition) is 10. The van der Waals surface area contributed by atoms with E-state index < -0.39 is 0 Å². The lowest BCUT2D eigenvalue weighted by molar-refractivity contribution is -0.121. The van der Waals surface area contributed by atoms with Crippen molar-refractivity contribution in [1.29, 1.82) is 0 Å². The number of ketones is 2. The minimum absolute atomic E-state index is 0.0799. The zero-order valence-electron chi connectivity index (χ0n) is 23.9. The highest BCUT2D eigenvalue weighted by molar-refractivity contribution is 9.10. The van der Waals surface area contributed by atoms with E-state index in [2.05, 4.69) is 66.5 Å². The van der Waals surface area contributed by atoms with Crippen molar-refractivity contribution in [3.63, 3.8) is 0 Å². The molecule has 0 spiro atoms. The number of aromatic nitrogens is 2. The molecule has 4 aliphatic heterocycles. The summed E-state index contributed by atoms with van der Waals surface area (Å²) in [5.74, 6) is 0.760. The normalized spacial score (nSPS) is 22.4. The van der Waals surface area contributed by atoms with Gasteiger partial charge in [-0.1, -0.05) is 15.9 Å². The molecule has 2 fully saturated rings. The second-order valence-corrected chi connectivity index (χ2v) is 14.9. The number of nitrogens with one attached hydrogen (secondary N) is 1. The molecule has 1 N–H and O–H groups in total. The van der Waals surface area contributed by atoms with Gasteiger partial charge in [-0.25, -0.2) is 4.98 Å². The number of hydrogen-bond donors (Lipinski definition) is 1. The van der Waals surface area contributed by atoms with Crippen molar-refractivity contribution in [3.8, 4) is 0 Å². The largest absolute Gasteiger partial charge is 0.341 e. The lowest BCUT2D eigenvalue weighted by Crippen LogP contribution is -2.38. The molecule has 2 saturated heterocycles. The molecule has 0 aromatic carbocycles. The number of fused-ring (bicyclic) bond motifs is 2. The van der Waals surface area contributed by atoms with Gasteiger partial charge < -0.3 is 24.6 Å². The van der Waals surface area contributed by atoms with Gasteiger partial charge in [-0.2, -0.15) is 0 Å². The molecule has 0 bridgehead atoms. The van der Waals surface area contributed by atoms with Crippen LogP contribution in [-0.2, 0) is 35.5 Å². The van der Waals surface area contributed by atoms with Gasteiger partial charge in [0, 0.05) is 99.9 Å². The van der Waals surface area contributed by atoms with Gasteiger partial charge >= 0.3 is 0 Å². The van der Waals surface area contributed by atoms with Crippen LogP contribution < -0.4 is 0 Å². The highest BCUT2D eigenvalue weighted by Gasteiger charge is 2.22. The van der Waals surface area contributed by atoms with Crippen LogP contribution in [0.2, 0.25) is 0 Å². The topological polar surface area (TPSA) is 75.8 Å². The summed E-state index contributed by atoms with van der Waals surface area (Å²) in [4.78, 5) is 41.1. The molecule has 8 nitrogen and oxygen atoms in total. The quantitative estimate of drug-likeness (QED) is 0.334. The maximum absolute atomic E-state index is 10.9. The monoisotopic (exact) mass is 658 g/mol. The van der Waals surface area contributed by atoms with E-state index in [1.165, 1.54) is 26.1 Å². The summed E-state index contributed by atoms with van der Waals surface area (Å²) in [5, 5.41) is 1.21. The molecule has 1 atom stereocenters. The first-order valence-electron chi connectivity index (χ1n) is 13.6. The number of alkyl halides is 1. The van der Waals surface area contributed by atoms with Crippen molar-refractivity contribution in [2.45, 2.75) is 56.9 Å². The summed E-state index contributed by atoms with van der Waals surface area (Å²) >= 11 is 11.9. The maximum Gasteiger partial charge on any atom is 0.158 e. The molecule has 6 heterocycles. The lowest BCUT2D eigenvalue weighted by Gasteiger charge is -2.24. The molecular weight excluding hydrogens is 616 g/mol. The predicted octanol–water partition coefficient (Wildman–Crippen LogP) is 4.17. The summed E-state index contributed by atoms with van der Waals surface area (Å²) in [7, 11) is 8.39. The molecule has 1 unspecified atom stereocenters. The Morgan fingerprint density at radius 1 is 0.821 bits per heavy atom. The second-order valence-electron chi connectivity index (χ2n) is 10.8. The van der Waals surface area contributed by atoms with E-state index in [0.717, 1.165) is 82.0 Å².